The van der Waals surface area contributed by atoms with Crippen LogP contribution in [0.4, 0.5) is 24.1 Å². The number of nitrogens with zero attached hydrogens (tertiary/aromatic N) is 2. The van der Waals surface area contributed by atoms with Crippen molar-refractivity contribution in [2.24, 2.45) is 5.92 Å². The van der Waals surface area contributed by atoms with Crippen molar-refractivity contribution in [3.05, 3.63) is 64.2 Å². The van der Waals surface area contributed by atoms with Crippen LogP contribution in [0.1, 0.15) is 47.9 Å². The topological polar surface area (TPSA) is 108 Å². The summed E-state index contributed by atoms with van der Waals surface area (Å²) < 4.78 is 34.3. The van der Waals surface area contributed by atoms with Crippen molar-refractivity contribution in [1.82, 2.24) is 15.1 Å². The van der Waals surface area contributed by atoms with Crippen molar-refractivity contribution in [2.45, 2.75) is 56.7 Å². The number of hydrogen-bond donors (Lipinski definition) is 2. The Kier molecular flexibility index (Phi) is 6.04. The summed E-state index contributed by atoms with van der Waals surface area (Å²) in [6.45, 7) is -0.222. The number of halogens is 2. The molecule has 0 radical (unpaired) electrons. The molecule has 2 N–H and O–H groups in total. The lowest BCUT2D eigenvalue weighted by Gasteiger charge is -2.31. The molecule has 5 amide bonds. The highest BCUT2D eigenvalue weighted by atomic mass is 19.1. The van der Waals surface area contributed by atoms with Crippen molar-refractivity contribution < 1.29 is 32.7 Å². The standard InChI is InChI=1S/C28H28F2N4O5/c1-31-26(37)32-22-11-17-8-9-28(20(17)12-21(22)30)25(36)34(27(38)39-28)14-24(35)33-13-18-4-6-19(29)10-16(18)5-7-23(33)15-2-3-15/h4,6,10-12,15,23H,2-3,5,7-9,13-14H2,1H3,(H2,31,32,37). The molecule has 1 saturated heterocycles. The Morgan fingerprint density at radius 2 is 1.85 bits per heavy atom. The number of amides is 5. The van der Waals surface area contributed by atoms with Gasteiger partial charge >= 0.3 is 12.1 Å². The number of urea groups is 1. The predicted molar refractivity (Wildman–Crippen MR) is 134 cm³/mol. The smallest absolute Gasteiger partial charge is 0.418 e. The maximum atomic E-state index is 14.9. The average molecular weight is 539 g/mol. The number of carbonyl (C=O) groups excluding carboxylic acids is 4. The highest BCUT2D eigenvalue weighted by molar-refractivity contribution is 6.06. The fraction of sp³-hybridized carbons (Fsp3) is 0.429. The molecule has 9 nitrogen and oxygen atoms in total. The van der Waals surface area contributed by atoms with E-state index < -0.39 is 36.0 Å². The molecule has 2 heterocycles. The normalized spacial score (nSPS) is 23.8. The van der Waals surface area contributed by atoms with Gasteiger partial charge in [0, 0.05) is 31.6 Å². The third-order valence-electron chi connectivity index (χ3n) is 8.32. The number of hydrogen-bond acceptors (Lipinski definition) is 5. The molecular formula is C28H28F2N4O5. The fourth-order valence-corrected chi connectivity index (χ4v) is 6.15. The SMILES string of the molecule is CNC(=O)Nc1cc2c(cc1F)C1(CC2)OC(=O)N(CC(=O)N2Cc3ccc(F)cc3CCC2C2CC2)C1=O. The Labute approximate surface area is 223 Å². The van der Waals surface area contributed by atoms with E-state index >= 15 is 0 Å². The number of fused-ring (bicyclic) bond motifs is 3. The lowest BCUT2D eigenvalue weighted by atomic mass is 9.94. The molecule has 6 rings (SSSR count). The van der Waals surface area contributed by atoms with Crippen LogP contribution in [0.2, 0.25) is 0 Å². The van der Waals surface area contributed by atoms with Crippen LogP contribution in [-0.2, 0) is 39.3 Å². The van der Waals surface area contributed by atoms with Crippen molar-refractivity contribution in [2.75, 3.05) is 18.9 Å². The first-order valence-electron chi connectivity index (χ1n) is 13.1. The number of aryl methyl sites for hydroxylation is 2. The molecular weight excluding hydrogens is 510 g/mol. The second-order valence-electron chi connectivity index (χ2n) is 10.7. The molecule has 2 aliphatic carbocycles. The first-order valence-corrected chi connectivity index (χ1v) is 13.1. The minimum Gasteiger partial charge on any atom is -0.427 e. The Hall–Kier alpha value is -4.02. The molecule has 0 aromatic heterocycles. The molecule has 2 aromatic carbocycles. The van der Waals surface area contributed by atoms with Crippen LogP contribution in [0.3, 0.4) is 0 Å². The minimum atomic E-state index is -1.71. The van der Waals surface area contributed by atoms with Gasteiger partial charge < -0.3 is 20.3 Å². The van der Waals surface area contributed by atoms with Crippen LogP contribution in [0, 0.1) is 17.6 Å². The molecule has 2 fully saturated rings. The van der Waals surface area contributed by atoms with Crippen LogP contribution in [0.15, 0.2) is 30.3 Å². The summed E-state index contributed by atoms with van der Waals surface area (Å²) >= 11 is 0. The Bertz CT molecular complexity index is 1410. The van der Waals surface area contributed by atoms with Crippen LogP contribution >= 0.6 is 0 Å². The summed E-state index contributed by atoms with van der Waals surface area (Å²) in [5.74, 6) is -1.85. The molecule has 39 heavy (non-hydrogen) atoms. The van der Waals surface area contributed by atoms with E-state index in [1.54, 1.807) is 11.0 Å². The lowest BCUT2D eigenvalue weighted by molar-refractivity contribution is -0.143. The predicted octanol–water partition coefficient (Wildman–Crippen LogP) is 3.59. The van der Waals surface area contributed by atoms with Gasteiger partial charge in [-0.25, -0.2) is 23.3 Å². The zero-order valence-electron chi connectivity index (χ0n) is 21.4. The van der Waals surface area contributed by atoms with E-state index in [4.69, 9.17) is 4.74 Å². The summed E-state index contributed by atoms with van der Waals surface area (Å²) in [5, 5.41) is 4.74. The number of carbonyl (C=O) groups is 4. The van der Waals surface area contributed by atoms with E-state index in [9.17, 15) is 28.0 Å². The molecule has 1 saturated carbocycles. The Morgan fingerprint density at radius 3 is 2.59 bits per heavy atom. The van der Waals surface area contributed by atoms with Gasteiger partial charge in [0.25, 0.3) is 5.91 Å². The number of anilines is 1. The molecule has 2 atom stereocenters. The Balaban J connectivity index is 1.24. The summed E-state index contributed by atoms with van der Waals surface area (Å²) in [5.41, 5.74) is 0.737. The second kappa shape index (κ2) is 9.32. The monoisotopic (exact) mass is 538 g/mol. The second-order valence-corrected chi connectivity index (χ2v) is 10.7. The van der Waals surface area contributed by atoms with E-state index in [0.717, 1.165) is 34.9 Å². The van der Waals surface area contributed by atoms with Crippen LogP contribution in [0.5, 0.6) is 0 Å². The molecule has 4 aliphatic rings. The Morgan fingerprint density at radius 1 is 1.05 bits per heavy atom. The van der Waals surface area contributed by atoms with Gasteiger partial charge in [-0.15, -0.1) is 0 Å². The third-order valence-corrected chi connectivity index (χ3v) is 8.32. The lowest BCUT2D eigenvalue weighted by Crippen LogP contribution is -2.48. The molecule has 204 valence electrons. The molecule has 2 unspecified atom stereocenters. The first kappa shape index (κ1) is 25.3. The number of nitrogens with one attached hydrogen (secondary N) is 2. The minimum absolute atomic E-state index is 0.0543. The van der Waals surface area contributed by atoms with Crippen LogP contribution in [0.25, 0.3) is 0 Å². The van der Waals surface area contributed by atoms with E-state index in [1.165, 1.54) is 25.2 Å². The van der Waals surface area contributed by atoms with E-state index in [1.807, 2.05) is 0 Å². The van der Waals surface area contributed by atoms with Crippen molar-refractivity contribution >= 4 is 29.6 Å². The molecule has 1 spiro atoms. The zero-order chi connectivity index (χ0) is 27.5. The number of benzene rings is 2. The number of imide groups is 1. The first-order chi connectivity index (χ1) is 18.7. The third kappa shape index (κ3) is 4.29. The van der Waals surface area contributed by atoms with Crippen molar-refractivity contribution in [1.29, 1.82) is 0 Å². The molecule has 0 bridgehead atoms. The van der Waals surface area contributed by atoms with Gasteiger partial charge in [0.05, 0.1) is 5.69 Å². The molecule has 2 aliphatic heterocycles. The molecule has 11 heteroatoms. The largest absolute Gasteiger partial charge is 0.427 e. The fourth-order valence-electron chi connectivity index (χ4n) is 6.15. The van der Waals surface area contributed by atoms with Crippen LogP contribution < -0.4 is 10.6 Å². The van der Waals surface area contributed by atoms with Gasteiger partial charge in [-0.1, -0.05) is 6.07 Å². The van der Waals surface area contributed by atoms with Gasteiger partial charge in [-0.05, 0) is 79.0 Å². The number of rotatable bonds is 4. The highest BCUT2D eigenvalue weighted by Gasteiger charge is 2.59. The number of ether oxygens (including phenoxy) is 1. The van der Waals surface area contributed by atoms with Crippen LogP contribution in [-0.4, -0.2) is 53.4 Å². The van der Waals surface area contributed by atoms with Crippen molar-refractivity contribution in [3.63, 3.8) is 0 Å². The zero-order valence-corrected chi connectivity index (χ0v) is 21.4. The quantitative estimate of drug-likeness (QED) is 0.619. The summed E-state index contributed by atoms with van der Waals surface area (Å²) in [4.78, 5) is 54.4. The summed E-state index contributed by atoms with van der Waals surface area (Å²) in [6, 6.07) is 6.44. The van der Waals surface area contributed by atoms with E-state index in [0.29, 0.717) is 30.7 Å². The average Bonchev–Trinajstić information content (AvgIpc) is 3.68. The van der Waals surface area contributed by atoms with E-state index in [-0.39, 0.29) is 42.0 Å². The van der Waals surface area contributed by atoms with Gasteiger partial charge in [0.15, 0.2) is 0 Å². The maximum absolute atomic E-state index is 14.9. The van der Waals surface area contributed by atoms with E-state index in [2.05, 4.69) is 10.6 Å². The molecule has 2 aromatic rings. The van der Waals surface area contributed by atoms with Gasteiger partial charge in [0.2, 0.25) is 11.5 Å². The van der Waals surface area contributed by atoms with Gasteiger partial charge in [-0.2, -0.15) is 0 Å². The van der Waals surface area contributed by atoms with Gasteiger partial charge in [-0.3, -0.25) is 9.59 Å². The van der Waals surface area contributed by atoms with Crippen molar-refractivity contribution in [3.8, 4) is 0 Å². The highest BCUT2D eigenvalue weighted by Crippen LogP contribution is 2.47. The summed E-state index contributed by atoms with van der Waals surface area (Å²) in [6.07, 6.45) is 2.78. The summed E-state index contributed by atoms with van der Waals surface area (Å²) in [7, 11) is 1.40. The maximum Gasteiger partial charge on any atom is 0.418 e. The van der Waals surface area contributed by atoms with Gasteiger partial charge in [0.1, 0.15) is 18.2 Å².